The lowest BCUT2D eigenvalue weighted by atomic mass is 10.2. The van der Waals surface area contributed by atoms with Crippen molar-refractivity contribution in [2.45, 2.75) is 6.92 Å². The first kappa shape index (κ1) is 15.4. The number of hydrogen-bond acceptors (Lipinski definition) is 4. The Morgan fingerprint density at radius 1 is 1.48 bits per heavy atom. The van der Waals surface area contributed by atoms with E-state index in [0.29, 0.717) is 11.0 Å². The average Bonchev–Trinajstić information content (AvgIpc) is 2.63. The molecule has 114 valence electrons. The quantitative estimate of drug-likeness (QED) is 0.923. The van der Waals surface area contributed by atoms with Crippen LogP contribution in [0.3, 0.4) is 0 Å². The van der Waals surface area contributed by atoms with Crippen LogP contribution in [0, 0.1) is 11.7 Å². The number of halogens is 1. The Hall–Kier alpha value is -1.96. The van der Waals surface area contributed by atoms with Crippen LogP contribution in [-0.4, -0.2) is 35.9 Å². The molecule has 1 aromatic heterocycles. The van der Waals surface area contributed by atoms with Gasteiger partial charge in [-0.05, 0) is 12.1 Å². The first-order chi connectivity index (χ1) is 9.67. The zero-order valence-corrected chi connectivity index (χ0v) is 12.7. The topological polar surface area (TPSA) is 81.1 Å². The molecule has 0 bridgehead atoms. The maximum Gasteiger partial charge on any atom is 0.230 e. The smallest absolute Gasteiger partial charge is 0.230 e. The van der Waals surface area contributed by atoms with Crippen molar-refractivity contribution in [1.29, 1.82) is 0 Å². The van der Waals surface area contributed by atoms with Gasteiger partial charge in [0.2, 0.25) is 11.9 Å². The summed E-state index contributed by atoms with van der Waals surface area (Å²) in [5, 5.41) is 2.57. The number of hydrogen-bond donors (Lipinski definition) is 1. The van der Waals surface area contributed by atoms with Gasteiger partial charge >= 0.3 is 0 Å². The molecule has 0 fully saturated rings. The van der Waals surface area contributed by atoms with Crippen molar-refractivity contribution < 1.29 is 17.6 Å². The zero-order valence-electron chi connectivity index (χ0n) is 11.9. The monoisotopic (exact) mass is 313 g/mol. The Bertz CT molecular complexity index is 798. The van der Waals surface area contributed by atoms with Crippen LogP contribution in [0.15, 0.2) is 18.2 Å². The van der Waals surface area contributed by atoms with Crippen molar-refractivity contribution in [1.82, 2.24) is 9.55 Å². The van der Waals surface area contributed by atoms with Crippen LogP contribution < -0.4 is 5.32 Å². The average molecular weight is 313 g/mol. The third-order valence-corrected chi connectivity index (χ3v) is 4.18. The number of fused-ring (bicyclic) bond motifs is 1. The Kier molecular flexibility index (Phi) is 3.99. The Balaban J connectivity index is 2.23. The van der Waals surface area contributed by atoms with Crippen molar-refractivity contribution in [3.05, 3.63) is 24.0 Å². The standard InChI is InChI=1S/C13H16FN3O3S/c1-8(7-21(3,19)20)12(18)16-13-15-10-6-9(14)4-5-11(10)17(13)2/h4-6,8H,7H2,1-3H3,(H,15,16,18). The fraction of sp³-hybridized carbons (Fsp3) is 0.385. The molecule has 1 aromatic carbocycles. The van der Waals surface area contributed by atoms with E-state index in [1.54, 1.807) is 17.7 Å². The molecule has 1 N–H and O–H groups in total. The predicted octanol–water partition coefficient (Wildman–Crippen LogP) is 1.33. The SMILES string of the molecule is CC(CS(C)(=O)=O)C(=O)Nc1nc2cc(F)ccc2n1C. The third-order valence-electron chi connectivity index (χ3n) is 3.08. The van der Waals surface area contributed by atoms with E-state index in [0.717, 1.165) is 6.26 Å². The number of rotatable bonds is 4. The minimum atomic E-state index is -3.24. The van der Waals surface area contributed by atoms with E-state index >= 15 is 0 Å². The molecule has 1 unspecified atom stereocenters. The van der Waals surface area contributed by atoms with Crippen LogP contribution in [0.4, 0.5) is 10.3 Å². The lowest BCUT2D eigenvalue weighted by Gasteiger charge is -2.10. The highest BCUT2D eigenvalue weighted by atomic mass is 32.2. The number of aryl methyl sites for hydroxylation is 1. The number of imidazole rings is 1. The van der Waals surface area contributed by atoms with Crippen LogP contribution in [0.2, 0.25) is 0 Å². The summed E-state index contributed by atoms with van der Waals surface area (Å²) in [6.45, 7) is 1.53. The summed E-state index contributed by atoms with van der Waals surface area (Å²) < 4.78 is 37.2. The molecule has 8 heteroatoms. The van der Waals surface area contributed by atoms with Gasteiger partial charge in [-0.2, -0.15) is 0 Å². The first-order valence-electron chi connectivity index (χ1n) is 6.28. The molecular formula is C13H16FN3O3S. The molecule has 0 spiro atoms. The predicted molar refractivity (Wildman–Crippen MR) is 78.2 cm³/mol. The molecule has 6 nitrogen and oxygen atoms in total. The van der Waals surface area contributed by atoms with Crippen molar-refractivity contribution in [3.63, 3.8) is 0 Å². The molecule has 0 aliphatic carbocycles. The second-order valence-electron chi connectivity index (χ2n) is 5.11. The summed E-state index contributed by atoms with van der Waals surface area (Å²) >= 11 is 0. The van der Waals surface area contributed by atoms with E-state index in [-0.39, 0.29) is 11.7 Å². The molecule has 2 aromatic rings. The highest BCUT2D eigenvalue weighted by Crippen LogP contribution is 2.19. The number of benzene rings is 1. The van der Waals surface area contributed by atoms with Gasteiger partial charge in [-0.15, -0.1) is 0 Å². The van der Waals surface area contributed by atoms with Gasteiger partial charge < -0.3 is 4.57 Å². The molecule has 1 heterocycles. The van der Waals surface area contributed by atoms with Crippen LogP contribution in [-0.2, 0) is 21.7 Å². The normalized spacial score (nSPS) is 13.3. The van der Waals surface area contributed by atoms with Crippen LogP contribution in [0.5, 0.6) is 0 Å². The lowest BCUT2D eigenvalue weighted by Crippen LogP contribution is -2.27. The number of nitrogens with zero attached hydrogens (tertiary/aromatic N) is 2. The molecular weight excluding hydrogens is 297 g/mol. The lowest BCUT2D eigenvalue weighted by molar-refractivity contribution is -0.118. The number of carbonyl (C=O) groups excluding carboxylic acids is 1. The fourth-order valence-corrected chi connectivity index (χ4v) is 3.11. The molecule has 21 heavy (non-hydrogen) atoms. The minimum absolute atomic E-state index is 0.239. The summed E-state index contributed by atoms with van der Waals surface area (Å²) in [5.41, 5.74) is 1.09. The van der Waals surface area contributed by atoms with Crippen LogP contribution in [0.25, 0.3) is 11.0 Å². The summed E-state index contributed by atoms with van der Waals surface area (Å²) in [7, 11) is -1.55. The van der Waals surface area contributed by atoms with Gasteiger partial charge in [-0.1, -0.05) is 6.92 Å². The molecule has 0 saturated heterocycles. The van der Waals surface area contributed by atoms with E-state index < -0.39 is 27.5 Å². The molecule has 1 atom stereocenters. The number of amides is 1. The fourth-order valence-electron chi connectivity index (χ4n) is 2.05. The Labute approximate surface area is 121 Å². The van der Waals surface area contributed by atoms with Crippen molar-refractivity contribution in [2.24, 2.45) is 13.0 Å². The van der Waals surface area contributed by atoms with Crippen molar-refractivity contribution in [2.75, 3.05) is 17.3 Å². The second-order valence-corrected chi connectivity index (χ2v) is 7.30. The molecule has 0 aliphatic heterocycles. The number of aromatic nitrogens is 2. The van der Waals surface area contributed by atoms with Gasteiger partial charge in [-0.3, -0.25) is 10.1 Å². The highest BCUT2D eigenvalue weighted by molar-refractivity contribution is 7.90. The van der Waals surface area contributed by atoms with Gasteiger partial charge in [0.05, 0.1) is 16.8 Å². The number of anilines is 1. The Morgan fingerprint density at radius 3 is 2.76 bits per heavy atom. The van der Waals surface area contributed by atoms with E-state index in [2.05, 4.69) is 10.3 Å². The molecule has 1 amide bonds. The van der Waals surface area contributed by atoms with Gasteiger partial charge in [0.15, 0.2) is 0 Å². The minimum Gasteiger partial charge on any atom is -0.313 e. The van der Waals surface area contributed by atoms with Crippen molar-refractivity contribution >= 4 is 32.7 Å². The zero-order chi connectivity index (χ0) is 15.8. The summed E-state index contributed by atoms with van der Waals surface area (Å²) in [5.74, 6) is -1.54. The van der Waals surface area contributed by atoms with E-state index in [1.165, 1.54) is 19.1 Å². The summed E-state index contributed by atoms with van der Waals surface area (Å²) in [6, 6.07) is 4.14. The summed E-state index contributed by atoms with van der Waals surface area (Å²) in [6.07, 6.45) is 1.08. The number of carbonyl (C=O) groups is 1. The van der Waals surface area contributed by atoms with Crippen LogP contribution >= 0.6 is 0 Å². The van der Waals surface area contributed by atoms with Gasteiger partial charge in [-0.25, -0.2) is 17.8 Å². The maximum atomic E-state index is 13.2. The molecule has 0 saturated carbocycles. The summed E-state index contributed by atoms with van der Waals surface area (Å²) in [4.78, 5) is 16.1. The highest BCUT2D eigenvalue weighted by Gasteiger charge is 2.20. The second kappa shape index (κ2) is 5.44. The van der Waals surface area contributed by atoms with E-state index in [9.17, 15) is 17.6 Å². The third kappa shape index (κ3) is 3.57. The molecule has 0 aliphatic rings. The maximum absolute atomic E-state index is 13.2. The van der Waals surface area contributed by atoms with Crippen LogP contribution in [0.1, 0.15) is 6.92 Å². The number of sulfone groups is 1. The largest absolute Gasteiger partial charge is 0.313 e. The van der Waals surface area contributed by atoms with Crippen molar-refractivity contribution in [3.8, 4) is 0 Å². The van der Waals surface area contributed by atoms with E-state index in [1.807, 2.05) is 0 Å². The molecule has 2 rings (SSSR count). The first-order valence-corrected chi connectivity index (χ1v) is 8.34. The van der Waals surface area contributed by atoms with E-state index in [4.69, 9.17) is 0 Å². The Morgan fingerprint density at radius 2 is 2.14 bits per heavy atom. The van der Waals surface area contributed by atoms with Gasteiger partial charge in [0.1, 0.15) is 15.7 Å². The van der Waals surface area contributed by atoms with Gasteiger partial charge in [0, 0.05) is 25.3 Å². The molecule has 0 radical (unpaired) electrons. The van der Waals surface area contributed by atoms with Gasteiger partial charge in [0.25, 0.3) is 0 Å². The number of nitrogens with one attached hydrogen (secondary N) is 1.